The molecular formula is C38H42N2O4S2. The quantitative estimate of drug-likeness (QED) is 0.133. The van der Waals surface area contributed by atoms with Gasteiger partial charge in [-0.15, -0.1) is 22.7 Å². The van der Waals surface area contributed by atoms with Gasteiger partial charge in [-0.3, -0.25) is 29.8 Å². The highest BCUT2D eigenvalue weighted by atomic mass is 32.1. The van der Waals surface area contributed by atoms with Crippen molar-refractivity contribution in [3.63, 3.8) is 0 Å². The molecule has 0 aliphatic carbocycles. The van der Waals surface area contributed by atoms with Gasteiger partial charge in [0.25, 0.3) is 23.6 Å². The first-order valence-electron chi connectivity index (χ1n) is 16.8. The molecule has 0 spiro atoms. The Bertz CT molecular complexity index is 1720. The maximum atomic E-state index is 13.6. The fourth-order valence-corrected chi connectivity index (χ4v) is 9.33. The van der Waals surface area contributed by atoms with E-state index in [0.29, 0.717) is 56.0 Å². The van der Waals surface area contributed by atoms with Crippen molar-refractivity contribution in [1.29, 1.82) is 0 Å². The zero-order chi connectivity index (χ0) is 32.5. The van der Waals surface area contributed by atoms with Gasteiger partial charge in [-0.25, -0.2) is 0 Å². The summed E-state index contributed by atoms with van der Waals surface area (Å²) >= 11 is 3.26. The minimum Gasteiger partial charge on any atom is -0.288 e. The first-order valence-corrected chi connectivity index (χ1v) is 18.5. The maximum Gasteiger partial charge on any atom is 0.259 e. The molecule has 0 saturated heterocycles. The SMILES string of the molecule is CCCCC(CC)Cc1ccc(-c2cc3c4c(c(-c5ccc(CC(CC)CCCC)s5)cc5c4c2C(=O)NC5=O)C(=O)NC3=O)s1. The minimum atomic E-state index is -0.511. The van der Waals surface area contributed by atoms with Gasteiger partial charge in [0, 0.05) is 52.5 Å². The molecule has 46 heavy (non-hydrogen) atoms. The molecule has 4 heterocycles. The Labute approximate surface area is 279 Å². The summed E-state index contributed by atoms with van der Waals surface area (Å²) in [4.78, 5) is 58.2. The van der Waals surface area contributed by atoms with E-state index in [9.17, 15) is 19.2 Å². The molecule has 2 unspecified atom stereocenters. The van der Waals surface area contributed by atoms with E-state index in [1.807, 2.05) is 12.1 Å². The molecule has 2 N–H and O–H groups in total. The van der Waals surface area contributed by atoms with Gasteiger partial charge in [-0.1, -0.05) is 79.1 Å². The highest BCUT2D eigenvalue weighted by molar-refractivity contribution is 7.15. The predicted molar refractivity (Wildman–Crippen MR) is 188 cm³/mol. The van der Waals surface area contributed by atoms with Gasteiger partial charge in [0.05, 0.1) is 11.1 Å². The summed E-state index contributed by atoms with van der Waals surface area (Å²) in [5.41, 5.74) is 2.57. The Hall–Kier alpha value is -3.62. The normalized spacial score (nSPS) is 15.3. The average molecular weight is 655 g/mol. The Morgan fingerprint density at radius 1 is 0.565 bits per heavy atom. The molecule has 4 amide bonds. The lowest BCUT2D eigenvalue weighted by atomic mass is 9.82. The summed E-state index contributed by atoms with van der Waals surface area (Å²) < 4.78 is 0. The lowest BCUT2D eigenvalue weighted by molar-refractivity contribution is 0.0824. The van der Waals surface area contributed by atoms with Gasteiger partial charge in [0.2, 0.25) is 0 Å². The lowest BCUT2D eigenvalue weighted by Gasteiger charge is -2.26. The van der Waals surface area contributed by atoms with E-state index in [2.05, 4.69) is 50.5 Å². The third kappa shape index (κ3) is 5.97. The molecule has 6 rings (SSSR count). The van der Waals surface area contributed by atoms with Crippen LogP contribution < -0.4 is 10.6 Å². The first kappa shape index (κ1) is 32.3. The van der Waals surface area contributed by atoms with Gasteiger partial charge in [-0.05, 0) is 61.1 Å². The van der Waals surface area contributed by atoms with Crippen LogP contribution >= 0.6 is 22.7 Å². The molecule has 0 radical (unpaired) electrons. The van der Waals surface area contributed by atoms with E-state index >= 15 is 0 Å². The third-order valence-electron chi connectivity index (χ3n) is 9.72. The number of thiophene rings is 2. The molecule has 0 saturated carbocycles. The van der Waals surface area contributed by atoms with Crippen LogP contribution in [0.3, 0.4) is 0 Å². The van der Waals surface area contributed by atoms with Crippen molar-refractivity contribution in [3.8, 4) is 20.9 Å². The number of hydrogen-bond acceptors (Lipinski definition) is 6. The smallest absolute Gasteiger partial charge is 0.259 e. The zero-order valence-corrected chi connectivity index (χ0v) is 28.8. The van der Waals surface area contributed by atoms with Gasteiger partial charge < -0.3 is 0 Å². The Morgan fingerprint density at radius 2 is 0.978 bits per heavy atom. The second kappa shape index (κ2) is 13.6. The summed E-state index contributed by atoms with van der Waals surface area (Å²) in [6.45, 7) is 8.89. The van der Waals surface area contributed by atoms with Crippen LogP contribution in [0.4, 0.5) is 0 Å². The molecule has 2 aliphatic heterocycles. The fraction of sp³-hybridized carbons (Fsp3) is 0.421. The molecule has 6 nitrogen and oxygen atoms in total. The Balaban J connectivity index is 1.49. The molecule has 2 aliphatic rings. The van der Waals surface area contributed by atoms with Crippen molar-refractivity contribution in [2.75, 3.05) is 0 Å². The Morgan fingerprint density at radius 3 is 1.35 bits per heavy atom. The molecule has 4 aromatic rings. The molecule has 2 aromatic heterocycles. The summed E-state index contributed by atoms with van der Waals surface area (Å²) in [6, 6.07) is 11.7. The van der Waals surface area contributed by atoms with E-state index in [1.165, 1.54) is 48.3 Å². The zero-order valence-electron chi connectivity index (χ0n) is 27.1. The largest absolute Gasteiger partial charge is 0.288 e. The Kier molecular flexibility index (Phi) is 9.57. The molecule has 8 heteroatoms. The number of rotatable bonds is 14. The number of carbonyl (C=O) groups is 4. The van der Waals surface area contributed by atoms with Crippen LogP contribution in [-0.2, 0) is 12.8 Å². The van der Waals surface area contributed by atoms with Crippen molar-refractivity contribution >= 4 is 57.1 Å². The number of carbonyl (C=O) groups excluding carboxylic acids is 4. The summed E-state index contributed by atoms with van der Waals surface area (Å²) in [7, 11) is 0. The van der Waals surface area contributed by atoms with Crippen molar-refractivity contribution in [1.82, 2.24) is 10.6 Å². The maximum absolute atomic E-state index is 13.6. The number of unbranched alkanes of at least 4 members (excludes halogenated alkanes) is 2. The van der Waals surface area contributed by atoms with Crippen LogP contribution in [-0.4, -0.2) is 23.6 Å². The summed E-state index contributed by atoms with van der Waals surface area (Å²) in [5, 5.41) is 5.91. The van der Waals surface area contributed by atoms with Crippen LogP contribution in [0.25, 0.3) is 31.7 Å². The average Bonchev–Trinajstić information content (AvgIpc) is 3.72. The second-order valence-corrected chi connectivity index (χ2v) is 15.1. The molecular weight excluding hydrogens is 613 g/mol. The van der Waals surface area contributed by atoms with Gasteiger partial charge in [0.15, 0.2) is 0 Å². The van der Waals surface area contributed by atoms with E-state index in [4.69, 9.17) is 0 Å². The summed E-state index contributed by atoms with van der Waals surface area (Å²) in [6.07, 6.45) is 11.3. The number of benzene rings is 2. The number of nitrogens with one attached hydrogen (secondary N) is 2. The van der Waals surface area contributed by atoms with Gasteiger partial charge >= 0.3 is 0 Å². The highest BCUT2D eigenvalue weighted by Crippen LogP contribution is 2.46. The van der Waals surface area contributed by atoms with Crippen molar-refractivity contribution in [3.05, 3.63) is 68.4 Å². The van der Waals surface area contributed by atoms with E-state index in [0.717, 1.165) is 35.4 Å². The number of imide groups is 2. The number of hydrogen-bond donors (Lipinski definition) is 2. The molecule has 2 atom stereocenters. The lowest BCUT2D eigenvalue weighted by Crippen LogP contribution is -2.39. The molecule has 2 aromatic carbocycles. The van der Waals surface area contributed by atoms with Crippen molar-refractivity contribution < 1.29 is 19.2 Å². The van der Waals surface area contributed by atoms with Crippen molar-refractivity contribution in [2.45, 2.75) is 91.9 Å². The third-order valence-corrected chi connectivity index (χ3v) is 12.0. The van der Waals surface area contributed by atoms with E-state index in [-0.39, 0.29) is 0 Å². The van der Waals surface area contributed by atoms with Crippen molar-refractivity contribution in [2.24, 2.45) is 11.8 Å². The van der Waals surface area contributed by atoms with Crippen LogP contribution in [0.5, 0.6) is 0 Å². The standard InChI is InChI=1S/C38H42N2O4S2/c1-5-9-11-21(7-3)17-23-13-15-29(45-23)25-19-27-32-31-28(36(42)39-37(43)33(25)31)20-26(34(32)38(44)40-35(27)41)30-16-14-24(46-30)18-22(8-4)12-10-6-2/h13-16,19-22H,5-12,17-18H2,1-4H3,(H,39,42,43)(H,40,41,44). The highest BCUT2D eigenvalue weighted by Gasteiger charge is 2.37. The van der Waals surface area contributed by atoms with Gasteiger partial charge in [-0.2, -0.15) is 0 Å². The van der Waals surface area contributed by atoms with E-state index in [1.54, 1.807) is 34.8 Å². The predicted octanol–water partition coefficient (Wildman–Crippen LogP) is 9.58. The van der Waals surface area contributed by atoms with Crippen LogP contribution in [0.15, 0.2) is 36.4 Å². The summed E-state index contributed by atoms with van der Waals surface area (Å²) in [5.74, 6) is -0.844. The second-order valence-electron chi connectivity index (χ2n) is 12.8. The van der Waals surface area contributed by atoms with Crippen LogP contribution in [0.2, 0.25) is 0 Å². The first-order chi connectivity index (χ1) is 22.3. The minimum absolute atomic E-state index is 0.320. The molecule has 0 bridgehead atoms. The van der Waals surface area contributed by atoms with Crippen LogP contribution in [0, 0.1) is 11.8 Å². The van der Waals surface area contributed by atoms with Crippen LogP contribution in [0.1, 0.15) is 130 Å². The topological polar surface area (TPSA) is 92.3 Å². The number of amides is 4. The monoisotopic (exact) mass is 654 g/mol. The van der Waals surface area contributed by atoms with E-state index < -0.39 is 23.6 Å². The molecule has 0 fully saturated rings. The fourth-order valence-electron chi connectivity index (χ4n) is 7.04. The van der Waals surface area contributed by atoms with Gasteiger partial charge in [0.1, 0.15) is 0 Å². The molecule has 240 valence electrons.